The van der Waals surface area contributed by atoms with E-state index in [9.17, 15) is 0 Å². The Morgan fingerprint density at radius 2 is 0.520 bits per heavy atom. The predicted octanol–water partition coefficient (Wildman–Crippen LogP) is 14.6. The van der Waals surface area contributed by atoms with Crippen molar-refractivity contribution in [2.45, 2.75) is 206 Å². The zero-order valence-corrected chi connectivity index (χ0v) is 33.8. The van der Waals surface area contributed by atoms with E-state index in [4.69, 9.17) is 0 Å². The van der Waals surface area contributed by atoms with Gasteiger partial charge in [-0.05, 0) is 75.8 Å². The summed E-state index contributed by atoms with van der Waals surface area (Å²) < 4.78 is 0. The second kappa shape index (κ2) is 40.1. The van der Waals surface area contributed by atoms with Gasteiger partial charge in [0, 0.05) is 0 Å². The van der Waals surface area contributed by atoms with E-state index < -0.39 is 0 Å². The van der Waals surface area contributed by atoms with E-state index in [0.717, 1.165) is 13.1 Å². The van der Waals surface area contributed by atoms with Gasteiger partial charge in [-0.1, -0.05) is 229 Å². The number of benzene rings is 2. The van der Waals surface area contributed by atoms with Crippen LogP contribution in [0.2, 0.25) is 0 Å². The molecule has 2 rings (SSSR count). The summed E-state index contributed by atoms with van der Waals surface area (Å²) in [7, 11) is 0. The van der Waals surface area contributed by atoms with Crippen LogP contribution in [0.25, 0.3) is 0 Å². The van der Waals surface area contributed by atoms with Crippen molar-refractivity contribution in [2.24, 2.45) is 0 Å². The standard InChI is InChI=1S/C27H49N.C21H37N/c1-2-3-4-5-6-7-8-9-10-11-12-13-14-15-16-20-25-28-26-21-24-27-22-18-17-19-23-27;1-2-3-4-5-6-7-8-9-10-14-19-22-20-15-18-21-16-12-11-13-17-21/h17-19,22-23,28H,2-16,20-21,24-26H2,1H3;11-13,16-17,22H,2-10,14-15,18-20H2,1H3. The van der Waals surface area contributed by atoms with Gasteiger partial charge in [-0.15, -0.1) is 0 Å². The summed E-state index contributed by atoms with van der Waals surface area (Å²) in [6.45, 7) is 9.31. The predicted molar refractivity (Wildman–Crippen MR) is 227 cm³/mol. The number of aryl methyl sites for hydroxylation is 2. The largest absolute Gasteiger partial charge is 0.317 e. The van der Waals surface area contributed by atoms with Crippen LogP contribution in [-0.4, -0.2) is 26.2 Å². The summed E-state index contributed by atoms with van der Waals surface area (Å²) >= 11 is 0. The molecule has 2 N–H and O–H groups in total. The molecule has 0 amide bonds. The van der Waals surface area contributed by atoms with Crippen molar-refractivity contribution in [1.29, 1.82) is 0 Å². The van der Waals surface area contributed by atoms with Crippen LogP contribution < -0.4 is 10.6 Å². The minimum Gasteiger partial charge on any atom is -0.317 e. The number of unbranched alkanes of at least 4 members (excludes halogenated alkanes) is 24. The fraction of sp³-hybridized carbons (Fsp3) is 0.750. The molecule has 0 bridgehead atoms. The molecule has 0 saturated heterocycles. The molecule has 2 aromatic rings. The van der Waals surface area contributed by atoms with Crippen molar-refractivity contribution in [1.82, 2.24) is 10.6 Å². The molecule has 2 nitrogen and oxygen atoms in total. The van der Waals surface area contributed by atoms with Crippen molar-refractivity contribution < 1.29 is 0 Å². The van der Waals surface area contributed by atoms with Crippen molar-refractivity contribution >= 4 is 0 Å². The highest BCUT2D eigenvalue weighted by Gasteiger charge is 1.97. The third kappa shape index (κ3) is 34.8. The average molecular weight is 691 g/mol. The van der Waals surface area contributed by atoms with Crippen molar-refractivity contribution in [3.05, 3.63) is 71.8 Å². The lowest BCUT2D eigenvalue weighted by atomic mass is 10.0. The van der Waals surface area contributed by atoms with E-state index in [-0.39, 0.29) is 0 Å². The maximum absolute atomic E-state index is 3.61. The smallest absolute Gasteiger partial charge is 0.00457 e. The molecule has 0 aromatic heterocycles. The first kappa shape index (κ1) is 46.4. The van der Waals surface area contributed by atoms with Gasteiger partial charge >= 0.3 is 0 Å². The fourth-order valence-electron chi connectivity index (χ4n) is 6.91. The molecule has 0 aliphatic heterocycles. The lowest BCUT2D eigenvalue weighted by Gasteiger charge is -2.05. The summed E-state index contributed by atoms with van der Waals surface area (Å²) in [5.41, 5.74) is 2.93. The van der Waals surface area contributed by atoms with Gasteiger partial charge in [0.05, 0.1) is 0 Å². The topological polar surface area (TPSA) is 24.1 Å². The van der Waals surface area contributed by atoms with E-state index in [1.54, 1.807) is 0 Å². The quantitative estimate of drug-likeness (QED) is 0.0696. The highest BCUT2D eigenvalue weighted by atomic mass is 14.8. The van der Waals surface area contributed by atoms with Gasteiger partial charge in [0.25, 0.3) is 0 Å². The minimum absolute atomic E-state index is 1.16. The highest BCUT2D eigenvalue weighted by Crippen LogP contribution is 2.14. The molecular weight excluding hydrogens is 605 g/mol. The Bertz CT molecular complexity index is 866. The zero-order valence-electron chi connectivity index (χ0n) is 33.8. The van der Waals surface area contributed by atoms with Crippen molar-refractivity contribution in [3.63, 3.8) is 0 Å². The van der Waals surface area contributed by atoms with E-state index in [0.29, 0.717) is 0 Å². The Labute approximate surface area is 314 Å². The van der Waals surface area contributed by atoms with E-state index in [2.05, 4.69) is 85.1 Å². The Hall–Kier alpha value is -1.64. The monoisotopic (exact) mass is 691 g/mol. The van der Waals surface area contributed by atoms with Gasteiger partial charge in [-0.2, -0.15) is 0 Å². The Balaban J connectivity index is 0.000000515. The molecule has 0 fully saturated rings. The molecule has 0 aliphatic carbocycles. The molecule has 2 heteroatoms. The summed E-state index contributed by atoms with van der Waals surface area (Å²) in [4.78, 5) is 0. The number of nitrogens with one attached hydrogen (secondary N) is 2. The molecule has 2 aromatic carbocycles. The van der Waals surface area contributed by atoms with E-state index in [1.807, 2.05) is 0 Å². The maximum atomic E-state index is 3.61. The second-order valence-electron chi connectivity index (χ2n) is 15.2. The van der Waals surface area contributed by atoms with Gasteiger partial charge in [0.15, 0.2) is 0 Å². The molecule has 0 heterocycles. The molecule has 0 radical (unpaired) electrons. The maximum Gasteiger partial charge on any atom is -0.00457 e. The van der Waals surface area contributed by atoms with E-state index in [1.165, 1.54) is 217 Å². The summed E-state index contributed by atoms with van der Waals surface area (Å²) in [6.07, 6.45) is 42.3. The van der Waals surface area contributed by atoms with Gasteiger partial charge in [0.1, 0.15) is 0 Å². The van der Waals surface area contributed by atoms with Crippen LogP contribution in [0.15, 0.2) is 60.7 Å². The minimum atomic E-state index is 1.16. The lowest BCUT2D eigenvalue weighted by Crippen LogP contribution is -2.17. The van der Waals surface area contributed by atoms with Crippen LogP contribution in [0.5, 0.6) is 0 Å². The van der Waals surface area contributed by atoms with Crippen LogP contribution in [-0.2, 0) is 12.8 Å². The van der Waals surface area contributed by atoms with Crippen LogP contribution in [0.4, 0.5) is 0 Å². The molecule has 288 valence electrons. The zero-order chi connectivity index (χ0) is 35.7. The number of rotatable bonds is 36. The van der Waals surface area contributed by atoms with Crippen LogP contribution >= 0.6 is 0 Å². The normalized spacial score (nSPS) is 11.1. The molecule has 50 heavy (non-hydrogen) atoms. The third-order valence-electron chi connectivity index (χ3n) is 10.2. The van der Waals surface area contributed by atoms with Crippen molar-refractivity contribution in [2.75, 3.05) is 26.2 Å². The van der Waals surface area contributed by atoms with Crippen LogP contribution in [0.3, 0.4) is 0 Å². The Morgan fingerprint density at radius 1 is 0.280 bits per heavy atom. The summed E-state index contributed by atoms with van der Waals surface area (Å²) in [5, 5.41) is 7.19. The van der Waals surface area contributed by atoms with Crippen molar-refractivity contribution in [3.8, 4) is 0 Å². The van der Waals surface area contributed by atoms with Gasteiger partial charge in [-0.25, -0.2) is 0 Å². The number of hydrogen-bond acceptors (Lipinski definition) is 2. The molecule has 0 aliphatic rings. The Morgan fingerprint density at radius 3 is 0.800 bits per heavy atom. The van der Waals surface area contributed by atoms with Crippen LogP contribution in [0, 0.1) is 0 Å². The Kier molecular flexibility index (Phi) is 37.2. The van der Waals surface area contributed by atoms with Gasteiger partial charge < -0.3 is 10.6 Å². The van der Waals surface area contributed by atoms with E-state index >= 15 is 0 Å². The molecule has 0 atom stereocenters. The first-order valence-corrected chi connectivity index (χ1v) is 22.4. The third-order valence-corrected chi connectivity index (χ3v) is 10.2. The lowest BCUT2D eigenvalue weighted by molar-refractivity contribution is 0.524. The van der Waals surface area contributed by atoms with Gasteiger partial charge in [-0.3, -0.25) is 0 Å². The SMILES string of the molecule is CCCCCCCCCCCCCCCCCCNCCCc1ccccc1.CCCCCCCCCCCCNCCCc1ccccc1. The average Bonchev–Trinajstić information content (AvgIpc) is 3.15. The number of hydrogen-bond donors (Lipinski definition) is 2. The molecule has 0 spiro atoms. The first-order valence-electron chi connectivity index (χ1n) is 22.4. The summed E-state index contributed by atoms with van der Waals surface area (Å²) in [6, 6.07) is 21.6. The molecule has 0 saturated carbocycles. The van der Waals surface area contributed by atoms with Crippen LogP contribution in [0.1, 0.15) is 205 Å². The summed E-state index contributed by atoms with van der Waals surface area (Å²) in [5.74, 6) is 0. The highest BCUT2D eigenvalue weighted by molar-refractivity contribution is 5.15. The molecule has 0 unspecified atom stereocenters. The molecular formula is C48H86N2. The first-order chi connectivity index (χ1) is 24.9. The fourth-order valence-corrected chi connectivity index (χ4v) is 6.91. The van der Waals surface area contributed by atoms with Gasteiger partial charge in [0.2, 0.25) is 0 Å². The second-order valence-corrected chi connectivity index (χ2v) is 15.2.